The molecule has 1 fully saturated rings. The van der Waals surface area contributed by atoms with Gasteiger partial charge < -0.3 is 4.90 Å². The van der Waals surface area contributed by atoms with E-state index in [-0.39, 0.29) is 0 Å². The molecule has 0 amide bonds. The Labute approximate surface area is 99.0 Å². The van der Waals surface area contributed by atoms with E-state index in [0.29, 0.717) is 0 Å². The van der Waals surface area contributed by atoms with Crippen molar-refractivity contribution in [1.82, 2.24) is 9.97 Å². The Morgan fingerprint density at radius 1 is 1.47 bits per heavy atom. The van der Waals surface area contributed by atoms with Crippen LogP contribution in [-0.4, -0.2) is 23.1 Å². The van der Waals surface area contributed by atoms with Gasteiger partial charge in [-0.1, -0.05) is 13.8 Å². The fourth-order valence-electron chi connectivity index (χ4n) is 2.04. The molecule has 1 aliphatic rings. The Morgan fingerprint density at radius 2 is 2.27 bits per heavy atom. The maximum Gasteiger partial charge on any atom is 0.133 e. The smallest absolute Gasteiger partial charge is 0.133 e. The maximum absolute atomic E-state index is 4.30. The van der Waals surface area contributed by atoms with Gasteiger partial charge in [0.25, 0.3) is 0 Å². The van der Waals surface area contributed by atoms with E-state index in [2.05, 4.69) is 44.6 Å². The molecule has 0 aliphatic carbocycles. The zero-order valence-electron chi connectivity index (χ0n) is 9.15. The van der Waals surface area contributed by atoms with Crippen molar-refractivity contribution < 1.29 is 0 Å². The number of hydrogen-bond donors (Lipinski definition) is 0. The summed E-state index contributed by atoms with van der Waals surface area (Å²) in [5, 5.41) is 0. The molecule has 0 spiro atoms. The van der Waals surface area contributed by atoms with Crippen LogP contribution in [0.2, 0.25) is 0 Å². The highest BCUT2D eigenvalue weighted by Crippen LogP contribution is 2.27. The lowest BCUT2D eigenvalue weighted by molar-refractivity contribution is 0.422. The van der Waals surface area contributed by atoms with Crippen molar-refractivity contribution in [2.45, 2.75) is 20.3 Å². The van der Waals surface area contributed by atoms with Gasteiger partial charge in [-0.05, 0) is 34.2 Å². The summed E-state index contributed by atoms with van der Waals surface area (Å²) in [5.74, 6) is 2.61. The summed E-state index contributed by atoms with van der Waals surface area (Å²) in [6.07, 6.45) is 2.89. The minimum absolute atomic E-state index is 0.764. The van der Waals surface area contributed by atoms with Crippen LogP contribution in [0.15, 0.2) is 17.0 Å². The minimum atomic E-state index is 0.764. The molecule has 2 rings (SSSR count). The molecule has 3 nitrogen and oxygen atoms in total. The van der Waals surface area contributed by atoms with Crippen LogP contribution < -0.4 is 4.90 Å². The third kappa shape index (κ3) is 2.48. The summed E-state index contributed by atoms with van der Waals surface area (Å²) < 4.78 is 0.862. The van der Waals surface area contributed by atoms with Crippen molar-refractivity contribution in [3.05, 3.63) is 17.0 Å². The van der Waals surface area contributed by atoms with Gasteiger partial charge in [-0.3, -0.25) is 0 Å². The van der Waals surface area contributed by atoms with Gasteiger partial charge in [0.15, 0.2) is 0 Å². The van der Waals surface area contributed by atoms with Crippen LogP contribution >= 0.6 is 15.9 Å². The molecule has 2 heterocycles. The Morgan fingerprint density at radius 3 is 2.87 bits per heavy atom. The molecule has 4 heteroatoms. The SMILES string of the molecule is CC(C)C1CCN(c2cc(Br)ncn2)C1. The van der Waals surface area contributed by atoms with E-state index in [1.54, 1.807) is 6.33 Å². The molecule has 1 unspecified atom stereocenters. The van der Waals surface area contributed by atoms with Gasteiger partial charge >= 0.3 is 0 Å². The summed E-state index contributed by atoms with van der Waals surface area (Å²) in [5.41, 5.74) is 0. The van der Waals surface area contributed by atoms with Gasteiger partial charge in [-0.15, -0.1) is 0 Å². The van der Waals surface area contributed by atoms with Crippen molar-refractivity contribution in [3.8, 4) is 0 Å². The van der Waals surface area contributed by atoms with Gasteiger partial charge in [0.1, 0.15) is 16.7 Å². The average molecular weight is 270 g/mol. The van der Waals surface area contributed by atoms with Crippen LogP contribution in [-0.2, 0) is 0 Å². The van der Waals surface area contributed by atoms with Crippen LogP contribution in [0, 0.1) is 11.8 Å². The molecule has 1 aromatic rings. The summed E-state index contributed by atoms with van der Waals surface area (Å²) in [6, 6.07) is 1.99. The highest BCUT2D eigenvalue weighted by molar-refractivity contribution is 9.10. The Balaban J connectivity index is 2.08. The first-order chi connectivity index (χ1) is 7.16. The Hall–Kier alpha value is -0.640. The topological polar surface area (TPSA) is 29.0 Å². The lowest BCUT2D eigenvalue weighted by Gasteiger charge is -2.18. The van der Waals surface area contributed by atoms with Crippen molar-refractivity contribution >= 4 is 21.7 Å². The molecule has 0 N–H and O–H groups in total. The summed E-state index contributed by atoms with van der Waals surface area (Å²) in [7, 11) is 0. The molecular formula is C11H16BrN3. The average Bonchev–Trinajstić information content (AvgIpc) is 2.66. The lowest BCUT2D eigenvalue weighted by atomic mass is 9.95. The third-order valence-corrected chi connectivity index (χ3v) is 3.54. The van der Waals surface area contributed by atoms with Gasteiger partial charge in [-0.25, -0.2) is 9.97 Å². The molecule has 0 radical (unpaired) electrons. The monoisotopic (exact) mass is 269 g/mol. The van der Waals surface area contributed by atoms with Crippen LogP contribution in [0.3, 0.4) is 0 Å². The Kier molecular flexibility index (Phi) is 3.24. The number of halogens is 1. The fourth-order valence-corrected chi connectivity index (χ4v) is 2.33. The zero-order valence-corrected chi connectivity index (χ0v) is 10.7. The van der Waals surface area contributed by atoms with E-state index < -0.39 is 0 Å². The second-order valence-corrected chi connectivity index (χ2v) is 5.25. The van der Waals surface area contributed by atoms with E-state index in [0.717, 1.165) is 35.3 Å². The van der Waals surface area contributed by atoms with Crippen molar-refractivity contribution in [1.29, 1.82) is 0 Å². The molecule has 1 aromatic heterocycles. The summed E-state index contributed by atoms with van der Waals surface area (Å²) >= 11 is 3.38. The van der Waals surface area contributed by atoms with E-state index in [4.69, 9.17) is 0 Å². The zero-order chi connectivity index (χ0) is 10.8. The quantitative estimate of drug-likeness (QED) is 0.774. The van der Waals surface area contributed by atoms with Gasteiger partial charge in [0, 0.05) is 19.2 Å². The molecule has 15 heavy (non-hydrogen) atoms. The van der Waals surface area contributed by atoms with Crippen LogP contribution in [0.4, 0.5) is 5.82 Å². The highest BCUT2D eigenvalue weighted by atomic mass is 79.9. The number of aromatic nitrogens is 2. The second kappa shape index (κ2) is 4.47. The molecular weight excluding hydrogens is 254 g/mol. The van der Waals surface area contributed by atoms with E-state index >= 15 is 0 Å². The van der Waals surface area contributed by atoms with Crippen molar-refractivity contribution in [2.75, 3.05) is 18.0 Å². The van der Waals surface area contributed by atoms with Crippen LogP contribution in [0.5, 0.6) is 0 Å². The first-order valence-electron chi connectivity index (χ1n) is 5.39. The molecule has 0 aromatic carbocycles. The molecule has 1 saturated heterocycles. The first kappa shape index (κ1) is 10.9. The fraction of sp³-hybridized carbons (Fsp3) is 0.636. The lowest BCUT2D eigenvalue weighted by Crippen LogP contribution is -2.22. The molecule has 82 valence electrons. The number of rotatable bonds is 2. The second-order valence-electron chi connectivity index (χ2n) is 4.44. The molecule has 0 bridgehead atoms. The van der Waals surface area contributed by atoms with E-state index in [9.17, 15) is 0 Å². The summed E-state index contributed by atoms with van der Waals surface area (Å²) in [6.45, 7) is 6.83. The first-order valence-corrected chi connectivity index (χ1v) is 6.18. The van der Waals surface area contributed by atoms with E-state index in [1.807, 2.05) is 6.07 Å². The Bertz CT molecular complexity index is 340. The summed E-state index contributed by atoms with van der Waals surface area (Å²) in [4.78, 5) is 10.7. The predicted octanol–water partition coefficient (Wildman–Crippen LogP) is 2.72. The highest BCUT2D eigenvalue weighted by Gasteiger charge is 2.25. The molecule has 0 saturated carbocycles. The molecule has 1 atom stereocenters. The van der Waals surface area contributed by atoms with Crippen molar-refractivity contribution in [2.24, 2.45) is 11.8 Å². The largest absolute Gasteiger partial charge is 0.356 e. The van der Waals surface area contributed by atoms with Crippen LogP contribution in [0.25, 0.3) is 0 Å². The van der Waals surface area contributed by atoms with Gasteiger partial charge in [-0.2, -0.15) is 0 Å². The predicted molar refractivity (Wildman–Crippen MR) is 64.9 cm³/mol. The number of hydrogen-bond acceptors (Lipinski definition) is 3. The normalized spacial score (nSPS) is 21.3. The van der Waals surface area contributed by atoms with Crippen molar-refractivity contribution in [3.63, 3.8) is 0 Å². The van der Waals surface area contributed by atoms with E-state index in [1.165, 1.54) is 6.42 Å². The minimum Gasteiger partial charge on any atom is -0.356 e. The molecule has 1 aliphatic heterocycles. The van der Waals surface area contributed by atoms with Gasteiger partial charge in [0.05, 0.1) is 0 Å². The van der Waals surface area contributed by atoms with Crippen LogP contribution in [0.1, 0.15) is 20.3 Å². The van der Waals surface area contributed by atoms with Gasteiger partial charge in [0.2, 0.25) is 0 Å². The maximum atomic E-state index is 4.30. The standard InChI is InChI=1S/C11H16BrN3/c1-8(2)9-3-4-15(6-9)11-5-10(12)13-7-14-11/h5,7-9H,3-4,6H2,1-2H3. The third-order valence-electron chi connectivity index (χ3n) is 3.11. The number of anilines is 1. The number of nitrogens with zero attached hydrogens (tertiary/aromatic N) is 3.